The lowest BCUT2D eigenvalue weighted by atomic mass is 9.91. The third kappa shape index (κ3) is 6.58. The third-order valence-electron chi connectivity index (χ3n) is 7.95. The monoisotopic (exact) mass is 549 g/mol. The average Bonchev–Trinajstić information content (AvgIpc) is 3.46. The van der Waals surface area contributed by atoms with Gasteiger partial charge in [0.2, 0.25) is 0 Å². The largest absolute Gasteiger partial charge is 0.388 e. The number of pyridine rings is 1. The fourth-order valence-electron chi connectivity index (χ4n) is 5.36. The van der Waals surface area contributed by atoms with Crippen molar-refractivity contribution in [2.45, 2.75) is 57.2 Å². The van der Waals surface area contributed by atoms with E-state index >= 15 is 0 Å². The van der Waals surface area contributed by atoms with E-state index in [4.69, 9.17) is 5.73 Å². The summed E-state index contributed by atoms with van der Waals surface area (Å²) in [6.45, 7) is 8.25. The molecule has 0 atom stereocenters. The molecule has 1 aromatic carbocycles. The summed E-state index contributed by atoms with van der Waals surface area (Å²) in [5, 5.41) is 20.0. The van der Waals surface area contributed by atoms with Crippen LogP contribution in [0.2, 0.25) is 0 Å². The summed E-state index contributed by atoms with van der Waals surface area (Å²) in [4.78, 5) is 26.7. The molecular formula is C29H39N7O2S. The molecule has 2 fully saturated rings. The Kier molecular flexibility index (Phi) is 8.46. The van der Waals surface area contributed by atoms with Gasteiger partial charge in [-0.3, -0.25) is 9.78 Å². The number of aliphatic hydroxyl groups is 1. The maximum Gasteiger partial charge on any atom is 0.275 e. The molecule has 0 saturated carbocycles. The van der Waals surface area contributed by atoms with Crippen LogP contribution in [0.3, 0.4) is 0 Å². The summed E-state index contributed by atoms with van der Waals surface area (Å²) in [6, 6.07) is 10.9. The zero-order valence-electron chi connectivity index (χ0n) is 22.8. The Morgan fingerprint density at radius 2 is 1.87 bits per heavy atom. The van der Waals surface area contributed by atoms with Crippen molar-refractivity contribution < 1.29 is 9.90 Å². The number of nitrogens with one attached hydrogen (secondary N) is 2. The van der Waals surface area contributed by atoms with Gasteiger partial charge in [-0.2, -0.15) is 0 Å². The topological polar surface area (TPSA) is 120 Å². The first-order valence-corrected chi connectivity index (χ1v) is 14.7. The number of thiazole rings is 1. The molecule has 10 heteroatoms. The number of benzene rings is 1. The zero-order valence-corrected chi connectivity index (χ0v) is 23.6. The van der Waals surface area contributed by atoms with E-state index in [0.717, 1.165) is 53.6 Å². The van der Waals surface area contributed by atoms with Gasteiger partial charge in [-0.25, -0.2) is 4.98 Å². The second-order valence-electron chi connectivity index (χ2n) is 10.9. The van der Waals surface area contributed by atoms with Crippen molar-refractivity contribution in [3.8, 4) is 10.6 Å². The number of likely N-dealkylation sites (tertiary alicyclic amines) is 1. The van der Waals surface area contributed by atoms with Gasteiger partial charge in [0.15, 0.2) is 0 Å². The lowest BCUT2D eigenvalue weighted by Crippen LogP contribution is -2.48. The first-order chi connectivity index (χ1) is 18.8. The summed E-state index contributed by atoms with van der Waals surface area (Å²) in [5.41, 5.74) is 8.97. The molecule has 0 radical (unpaired) electrons. The van der Waals surface area contributed by atoms with E-state index in [2.05, 4.69) is 56.4 Å². The molecule has 208 valence electrons. The first kappa shape index (κ1) is 27.5. The molecule has 3 aromatic rings. The van der Waals surface area contributed by atoms with E-state index in [-0.39, 0.29) is 12.5 Å². The summed E-state index contributed by atoms with van der Waals surface area (Å²) in [5.74, 6) is -0.245. The molecule has 0 bridgehead atoms. The number of nitrogens with two attached hydrogens (primary N) is 1. The van der Waals surface area contributed by atoms with Crippen molar-refractivity contribution >= 4 is 34.3 Å². The van der Waals surface area contributed by atoms with Crippen LogP contribution in [0.25, 0.3) is 10.6 Å². The van der Waals surface area contributed by atoms with E-state index in [1.54, 1.807) is 17.8 Å². The van der Waals surface area contributed by atoms with Gasteiger partial charge in [0.1, 0.15) is 10.7 Å². The van der Waals surface area contributed by atoms with Gasteiger partial charge < -0.3 is 31.3 Å². The van der Waals surface area contributed by atoms with Gasteiger partial charge in [0.25, 0.3) is 5.91 Å². The average molecular weight is 550 g/mol. The van der Waals surface area contributed by atoms with Crippen LogP contribution in [0.5, 0.6) is 0 Å². The van der Waals surface area contributed by atoms with Crippen molar-refractivity contribution in [3.05, 3.63) is 53.8 Å². The zero-order chi connectivity index (χ0) is 27.4. The first-order valence-electron chi connectivity index (χ1n) is 13.8. The van der Waals surface area contributed by atoms with Gasteiger partial charge in [0.05, 0.1) is 17.0 Å². The summed E-state index contributed by atoms with van der Waals surface area (Å²) < 4.78 is 0. The Bertz CT molecular complexity index is 1250. The van der Waals surface area contributed by atoms with Crippen LogP contribution in [0, 0.1) is 0 Å². The second kappa shape index (κ2) is 12.0. The highest BCUT2D eigenvalue weighted by molar-refractivity contribution is 7.13. The van der Waals surface area contributed by atoms with Gasteiger partial charge >= 0.3 is 0 Å². The number of nitrogens with zero attached hydrogens (tertiary/aromatic N) is 4. The summed E-state index contributed by atoms with van der Waals surface area (Å²) in [7, 11) is 0. The lowest BCUT2D eigenvalue weighted by Gasteiger charge is -2.39. The van der Waals surface area contributed by atoms with E-state index in [1.165, 1.54) is 11.3 Å². The summed E-state index contributed by atoms with van der Waals surface area (Å²) in [6.07, 6.45) is 6.79. The Balaban J connectivity index is 1.35. The van der Waals surface area contributed by atoms with Gasteiger partial charge in [-0.1, -0.05) is 0 Å². The minimum Gasteiger partial charge on any atom is -0.388 e. The quantitative estimate of drug-likeness (QED) is 0.333. The lowest BCUT2D eigenvalue weighted by molar-refractivity contribution is 0.0250. The van der Waals surface area contributed by atoms with Crippen molar-refractivity contribution in [3.63, 3.8) is 0 Å². The van der Waals surface area contributed by atoms with Gasteiger partial charge in [-0.15, -0.1) is 11.3 Å². The molecule has 2 aromatic heterocycles. The molecule has 2 aliphatic rings. The van der Waals surface area contributed by atoms with Gasteiger partial charge in [-0.05, 0) is 69.9 Å². The normalized spacial score (nSPS) is 18.3. The van der Waals surface area contributed by atoms with Crippen LogP contribution < -0.4 is 21.3 Å². The fraction of sp³-hybridized carbons (Fsp3) is 0.483. The van der Waals surface area contributed by atoms with Crippen molar-refractivity contribution in [1.29, 1.82) is 0 Å². The van der Waals surface area contributed by atoms with Crippen LogP contribution in [0.1, 0.15) is 50.0 Å². The van der Waals surface area contributed by atoms with Crippen LogP contribution in [-0.4, -0.2) is 76.3 Å². The molecule has 0 spiro atoms. The third-order valence-corrected chi connectivity index (χ3v) is 8.85. The Morgan fingerprint density at radius 3 is 2.54 bits per heavy atom. The highest BCUT2D eigenvalue weighted by Gasteiger charge is 2.32. The molecule has 5 rings (SSSR count). The number of carbonyl (C=O) groups is 1. The molecule has 39 heavy (non-hydrogen) atoms. The standard InChI is InChI=1S/C29H39N7O2S/c1-20(2)35-13-7-22(8-14-35)32-23-3-4-26(36-15-9-29(38,19-30)10-16-36)24(17-23)33-27(37)25-18-39-28(34-25)21-5-11-31-12-6-21/h3-6,11-12,17-18,20,22,32,38H,7-10,13-16,19,30H2,1-2H3,(H,33,37). The predicted octanol–water partition coefficient (Wildman–Crippen LogP) is 4.03. The number of carbonyl (C=O) groups excluding carboxylic acids is 1. The molecular weight excluding hydrogens is 510 g/mol. The molecule has 0 aliphatic carbocycles. The highest BCUT2D eigenvalue weighted by Crippen LogP contribution is 2.34. The van der Waals surface area contributed by atoms with Crippen molar-refractivity contribution in [2.75, 3.05) is 48.3 Å². The molecule has 2 saturated heterocycles. The number of piperidine rings is 2. The van der Waals surface area contributed by atoms with E-state index in [0.29, 0.717) is 43.7 Å². The molecule has 4 heterocycles. The minimum absolute atomic E-state index is 0.245. The SMILES string of the molecule is CC(C)N1CCC(Nc2ccc(N3CCC(O)(CN)CC3)c(NC(=O)c3csc(-c4ccncc4)n3)c2)CC1. The van der Waals surface area contributed by atoms with E-state index < -0.39 is 5.60 Å². The Labute approximate surface area is 234 Å². The van der Waals surface area contributed by atoms with Crippen LogP contribution in [-0.2, 0) is 0 Å². The number of hydrogen-bond acceptors (Lipinski definition) is 9. The molecule has 0 unspecified atom stereocenters. The molecule has 1 amide bonds. The summed E-state index contributed by atoms with van der Waals surface area (Å²) >= 11 is 1.44. The number of rotatable bonds is 8. The fourth-order valence-corrected chi connectivity index (χ4v) is 6.16. The number of aromatic nitrogens is 2. The molecule has 5 N–H and O–H groups in total. The van der Waals surface area contributed by atoms with E-state index in [9.17, 15) is 9.90 Å². The highest BCUT2D eigenvalue weighted by atomic mass is 32.1. The van der Waals surface area contributed by atoms with Crippen LogP contribution in [0.15, 0.2) is 48.1 Å². The second-order valence-corrected chi connectivity index (χ2v) is 11.8. The molecule has 9 nitrogen and oxygen atoms in total. The van der Waals surface area contributed by atoms with E-state index in [1.807, 2.05) is 18.2 Å². The van der Waals surface area contributed by atoms with Crippen LogP contribution in [0.4, 0.5) is 17.1 Å². The smallest absolute Gasteiger partial charge is 0.275 e. The maximum absolute atomic E-state index is 13.4. The Hall–Kier alpha value is -3.05. The Morgan fingerprint density at radius 1 is 1.15 bits per heavy atom. The number of anilines is 3. The van der Waals surface area contributed by atoms with Gasteiger partial charge in [0, 0.05) is 73.8 Å². The predicted molar refractivity (Wildman–Crippen MR) is 159 cm³/mol. The van der Waals surface area contributed by atoms with Crippen molar-refractivity contribution in [2.24, 2.45) is 5.73 Å². The molecule has 2 aliphatic heterocycles. The minimum atomic E-state index is -0.823. The number of amides is 1. The number of hydrogen-bond donors (Lipinski definition) is 4. The maximum atomic E-state index is 13.4. The van der Waals surface area contributed by atoms with Crippen LogP contribution >= 0.6 is 11.3 Å². The van der Waals surface area contributed by atoms with Crippen molar-refractivity contribution in [1.82, 2.24) is 14.9 Å².